The normalized spacial score (nSPS) is 10.5. The van der Waals surface area contributed by atoms with Gasteiger partial charge < -0.3 is 10.1 Å². The van der Waals surface area contributed by atoms with E-state index in [1.54, 1.807) is 14.0 Å². The smallest absolute Gasteiger partial charge is 0.305 e. The van der Waals surface area contributed by atoms with Gasteiger partial charge in [-0.25, -0.2) is 0 Å². The lowest BCUT2D eigenvalue weighted by Gasteiger charge is -2.05. The van der Waals surface area contributed by atoms with Crippen LogP contribution in [0.15, 0.2) is 0 Å². The molecular formula is C14H22ClN3O3. The average Bonchev–Trinajstić information content (AvgIpc) is 2.70. The van der Waals surface area contributed by atoms with Gasteiger partial charge in [-0.1, -0.05) is 24.4 Å². The number of hydrogen-bond donors (Lipinski definition) is 1. The number of aromatic nitrogens is 2. The Morgan fingerprint density at radius 2 is 1.95 bits per heavy atom. The second-order valence-corrected chi connectivity index (χ2v) is 5.23. The summed E-state index contributed by atoms with van der Waals surface area (Å²) in [6.07, 6.45) is 4.03. The molecule has 118 valence electrons. The number of hydrogen-bond acceptors (Lipinski definition) is 4. The van der Waals surface area contributed by atoms with E-state index in [-0.39, 0.29) is 11.9 Å². The van der Waals surface area contributed by atoms with Crippen molar-refractivity contribution in [1.82, 2.24) is 15.1 Å². The van der Waals surface area contributed by atoms with Crippen LogP contribution < -0.4 is 5.32 Å². The fourth-order valence-corrected chi connectivity index (χ4v) is 2.29. The van der Waals surface area contributed by atoms with E-state index in [9.17, 15) is 9.59 Å². The highest BCUT2D eigenvalue weighted by Gasteiger charge is 2.18. The number of carbonyl (C=O) groups excluding carboxylic acids is 2. The zero-order valence-electron chi connectivity index (χ0n) is 12.7. The molecule has 0 atom stereocenters. The van der Waals surface area contributed by atoms with Crippen LogP contribution in [0.4, 0.5) is 0 Å². The first-order valence-electron chi connectivity index (χ1n) is 7.01. The Balaban J connectivity index is 2.21. The fraction of sp³-hybridized carbons (Fsp3) is 0.643. The van der Waals surface area contributed by atoms with Crippen LogP contribution in [0.2, 0.25) is 5.15 Å². The molecular weight excluding hydrogens is 294 g/mol. The van der Waals surface area contributed by atoms with Crippen LogP contribution in [0.5, 0.6) is 0 Å². The van der Waals surface area contributed by atoms with Gasteiger partial charge >= 0.3 is 5.97 Å². The lowest BCUT2D eigenvalue weighted by molar-refractivity contribution is -0.140. The minimum atomic E-state index is -0.194. The van der Waals surface area contributed by atoms with E-state index in [1.165, 1.54) is 11.8 Å². The summed E-state index contributed by atoms with van der Waals surface area (Å²) in [4.78, 5) is 22.9. The summed E-state index contributed by atoms with van der Waals surface area (Å²) in [7, 11) is 3.09. The fourth-order valence-electron chi connectivity index (χ4n) is 2.03. The Kier molecular flexibility index (Phi) is 7.22. The standard InChI is InChI=1S/C14H22ClN3O3/c1-10-12(13(15)18(2)17-10)14(20)16-9-7-5-4-6-8-11(19)21-3/h4-9H2,1-3H3,(H,16,20). The topological polar surface area (TPSA) is 73.2 Å². The van der Waals surface area contributed by atoms with Gasteiger partial charge in [-0.15, -0.1) is 0 Å². The average molecular weight is 316 g/mol. The number of nitrogens with one attached hydrogen (secondary N) is 1. The van der Waals surface area contributed by atoms with Crippen molar-refractivity contribution in [2.24, 2.45) is 7.05 Å². The number of carbonyl (C=O) groups is 2. The molecule has 0 aliphatic carbocycles. The van der Waals surface area contributed by atoms with Gasteiger partial charge in [0.1, 0.15) is 5.15 Å². The molecule has 6 nitrogen and oxygen atoms in total. The second kappa shape index (κ2) is 8.67. The molecule has 0 aromatic carbocycles. The van der Waals surface area contributed by atoms with Crippen molar-refractivity contribution in [3.63, 3.8) is 0 Å². The number of unbranched alkanes of at least 4 members (excludes halogenated alkanes) is 3. The molecule has 0 spiro atoms. The van der Waals surface area contributed by atoms with Crippen LogP contribution in [0.25, 0.3) is 0 Å². The van der Waals surface area contributed by atoms with E-state index in [2.05, 4.69) is 15.2 Å². The summed E-state index contributed by atoms with van der Waals surface area (Å²) in [6, 6.07) is 0. The molecule has 0 unspecified atom stereocenters. The molecule has 0 radical (unpaired) electrons. The lowest BCUT2D eigenvalue weighted by Crippen LogP contribution is -2.25. The summed E-state index contributed by atoms with van der Waals surface area (Å²) in [5.74, 6) is -0.370. The Labute approximate surface area is 129 Å². The van der Waals surface area contributed by atoms with Crippen molar-refractivity contribution in [2.45, 2.75) is 39.0 Å². The van der Waals surface area contributed by atoms with Crippen molar-refractivity contribution in [1.29, 1.82) is 0 Å². The van der Waals surface area contributed by atoms with E-state index < -0.39 is 0 Å². The predicted octanol–water partition coefficient (Wildman–Crippen LogP) is 2.24. The Bertz CT molecular complexity index is 500. The van der Waals surface area contributed by atoms with E-state index in [0.717, 1.165) is 25.7 Å². The number of rotatable bonds is 8. The third-order valence-corrected chi connectivity index (χ3v) is 3.63. The zero-order valence-corrected chi connectivity index (χ0v) is 13.5. The van der Waals surface area contributed by atoms with Gasteiger partial charge in [-0.3, -0.25) is 14.3 Å². The lowest BCUT2D eigenvalue weighted by atomic mass is 10.1. The maximum absolute atomic E-state index is 12.0. The molecule has 7 heteroatoms. The van der Waals surface area contributed by atoms with Crippen LogP contribution >= 0.6 is 11.6 Å². The summed E-state index contributed by atoms with van der Waals surface area (Å²) < 4.78 is 6.05. The second-order valence-electron chi connectivity index (χ2n) is 4.87. The number of amides is 1. The summed E-state index contributed by atoms with van der Waals surface area (Å²) >= 11 is 6.03. The molecule has 0 saturated heterocycles. The highest BCUT2D eigenvalue weighted by Crippen LogP contribution is 2.18. The van der Waals surface area contributed by atoms with Gasteiger partial charge in [0.2, 0.25) is 0 Å². The molecule has 1 heterocycles. The van der Waals surface area contributed by atoms with Gasteiger partial charge in [0.05, 0.1) is 18.4 Å². The van der Waals surface area contributed by atoms with E-state index in [4.69, 9.17) is 11.6 Å². The zero-order chi connectivity index (χ0) is 15.8. The molecule has 0 bridgehead atoms. The summed E-state index contributed by atoms with van der Waals surface area (Å²) in [6.45, 7) is 2.34. The van der Waals surface area contributed by atoms with Crippen LogP contribution in [0.3, 0.4) is 0 Å². The number of esters is 1. The molecule has 0 aliphatic heterocycles. The molecule has 0 saturated carbocycles. The first-order valence-corrected chi connectivity index (χ1v) is 7.39. The molecule has 1 N–H and O–H groups in total. The first-order chi connectivity index (χ1) is 9.97. The maximum atomic E-state index is 12.0. The molecule has 1 aromatic rings. The van der Waals surface area contributed by atoms with Crippen molar-refractivity contribution in [3.05, 3.63) is 16.4 Å². The van der Waals surface area contributed by atoms with Crippen LogP contribution in [0, 0.1) is 6.92 Å². The third-order valence-electron chi connectivity index (χ3n) is 3.20. The van der Waals surface area contributed by atoms with Gasteiger partial charge in [0, 0.05) is 20.0 Å². The number of halogens is 1. The summed E-state index contributed by atoms with van der Waals surface area (Å²) in [5.41, 5.74) is 1.06. The molecule has 21 heavy (non-hydrogen) atoms. The van der Waals surface area contributed by atoms with Gasteiger partial charge in [0.25, 0.3) is 5.91 Å². The monoisotopic (exact) mass is 315 g/mol. The van der Waals surface area contributed by atoms with Crippen molar-refractivity contribution in [2.75, 3.05) is 13.7 Å². The third kappa shape index (κ3) is 5.38. The van der Waals surface area contributed by atoms with E-state index >= 15 is 0 Å². The molecule has 1 aromatic heterocycles. The minimum absolute atomic E-state index is 0.176. The minimum Gasteiger partial charge on any atom is -0.469 e. The SMILES string of the molecule is COC(=O)CCCCCCNC(=O)c1c(C)nn(C)c1Cl. The Hall–Kier alpha value is -1.56. The highest BCUT2D eigenvalue weighted by molar-refractivity contribution is 6.33. The molecule has 0 fully saturated rings. The quantitative estimate of drug-likeness (QED) is 0.590. The van der Waals surface area contributed by atoms with Gasteiger partial charge in [-0.05, 0) is 19.8 Å². The van der Waals surface area contributed by atoms with Gasteiger partial charge in [-0.2, -0.15) is 5.10 Å². The van der Waals surface area contributed by atoms with Gasteiger partial charge in [0.15, 0.2) is 0 Å². The largest absolute Gasteiger partial charge is 0.469 e. The first kappa shape index (κ1) is 17.5. The van der Waals surface area contributed by atoms with E-state index in [0.29, 0.717) is 29.4 Å². The number of aryl methyl sites for hydroxylation is 2. The number of methoxy groups -OCH3 is 1. The molecule has 1 amide bonds. The Morgan fingerprint density at radius 3 is 2.52 bits per heavy atom. The molecule has 1 rings (SSSR count). The number of ether oxygens (including phenoxy) is 1. The predicted molar refractivity (Wildman–Crippen MR) is 80.4 cm³/mol. The van der Waals surface area contributed by atoms with E-state index in [1.807, 2.05) is 0 Å². The Morgan fingerprint density at radius 1 is 1.29 bits per heavy atom. The van der Waals surface area contributed by atoms with Crippen molar-refractivity contribution < 1.29 is 14.3 Å². The molecule has 0 aliphatic rings. The summed E-state index contributed by atoms with van der Waals surface area (Å²) in [5, 5.41) is 7.29. The number of nitrogens with zero attached hydrogens (tertiary/aromatic N) is 2. The maximum Gasteiger partial charge on any atom is 0.305 e. The van der Waals surface area contributed by atoms with Crippen molar-refractivity contribution in [3.8, 4) is 0 Å². The highest BCUT2D eigenvalue weighted by atomic mass is 35.5. The van der Waals surface area contributed by atoms with Crippen LogP contribution in [-0.2, 0) is 16.6 Å². The van der Waals surface area contributed by atoms with Crippen molar-refractivity contribution >= 4 is 23.5 Å². The van der Waals surface area contributed by atoms with Crippen LogP contribution in [-0.4, -0.2) is 35.3 Å². The van der Waals surface area contributed by atoms with Crippen LogP contribution in [0.1, 0.15) is 48.2 Å².